The number of methoxy groups -OCH3 is 1. The van der Waals surface area contributed by atoms with Crippen LogP contribution in [0.1, 0.15) is 30.5 Å². The number of nitrogens with one attached hydrogen (secondary N) is 1. The number of carbonyl (C=O) groups excluding carboxylic acids is 2. The van der Waals surface area contributed by atoms with E-state index in [1.807, 2.05) is 22.4 Å². The van der Waals surface area contributed by atoms with Gasteiger partial charge >= 0.3 is 5.97 Å². The zero-order chi connectivity index (χ0) is 23.5. The summed E-state index contributed by atoms with van der Waals surface area (Å²) in [6, 6.07) is 13.0. The van der Waals surface area contributed by atoms with E-state index in [1.54, 1.807) is 37.3 Å². The summed E-state index contributed by atoms with van der Waals surface area (Å²) in [5, 5.41) is 5.84. The Hall–Kier alpha value is -3.10. The Morgan fingerprint density at radius 2 is 1.94 bits per heavy atom. The van der Waals surface area contributed by atoms with Crippen LogP contribution >= 0.6 is 23.4 Å². The fraction of sp³-hybridized carbons (Fsp3) is 0.208. The van der Waals surface area contributed by atoms with Gasteiger partial charge in [-0.2, -0.15) is 0 Å². The highest BCUT2D eigenvalue weighted by Gasteiger charge is 2.40. The summed E-state index contributed by atoms with van der Waals surface area (Å²) < 4.78 is 18.9. The highest BCUT2D eigenvalue weighted by molar-refractivity contribution is 8.16. The van der Waals surface area contributed by atoms with Gasteiger partial charge in [0.2, 0.25) is 5.91 Å². The highest BCUT2D eigenvalue weighted by Crippen LogP contribution is 2.44. The SMILES string of the molecule is COC(=O)C1=C(C)N=C2SC=C(CC(=O)NCc3ccccc3F)N2[C@H]1c1ccc(Cl)cc1. The molecule has 2 aliphatic heterocycles. The molecule has 2 aromatic rings. The summed E-state index contributed by atoms with van der Waals surface area (Å²) in [5.41, 5.74) is 2.85. The number of allylic oxidation sites excluding steroid dienone is 1. The summed E-state index contributed by atoms with van der Waals surface area (Å²) in [6.07, 6.45) is 0.0397. The Balaban J connectivity index is 1.59. The minimum Gasteiger partial charge on any atom is -0.466 e. The quantitative estimate of drug-likeness (QED) is 0.587. The fourth-order valence-corrected chi connectivity index (χ4v) is 4.85. The number of aliphatic imine (C=N–C) groups is 1. The number of hydrogen-bond donors (Lipinski definition) is 1. The Morgan fingerprint density at radius 3 is 2.64 bits per heavy atom. The number of esters is 1. The van der Waals surface area contributed by atoms with Gasteiger partial charge in [0.15, 0.2) is 5.17 Å². The minimum atomic E-state index is -0.525. The molecule has 1 N–H and O–H groups in total. The van der Waals surface area contributed by atoms with Gasteiger partial charge in [0.05, 0.1) is 30.8 Å². The lowest BCUT2D eigenvalue weighted by atomic mass is 9.94. The van der Waals surface area contributed by atoms with Gasteiger partial charge in [-0.05, 0) is 36.1 Å². The molecule has 2 aromatic carbocycles. The molecular weight excluding hydrogens is 465 g/mol. The zero-order valence-corrected chi connectivity index (χ0v) is 19.5. The van der Waals surface area contributed by atoms with E-state index in [9.17, 15) is 14.0 Å². The van der Waals surface area contributed by atoms with E-state index in [4.69, 9.17) is 16.3 Å². The molecule has 0 bridgehead atoms. The normalized spacial score (nSPS) is 17.3. The predicted molar refractivity (Wildman–Crippen MR) is 127 cm³/mol. The molecule has 33 heavy (non-hydrogen) atoms. The van der Waals surface area contributed by atoms with Crippen molar-refractivity contribution in [2.75, 3.05) is 7.11 Å². The van der Waals surface area contributed by atoms with Gasteiger partial charge in [0.25, 0.3) is 0 Å². The minimum absolute atomic E-state index is 0.0397. The van der Waals surface area contributed by atoms with Crippen molar-refractivity contribution in [2.24, 2.45) is 4.99 Å². The number of carbonyl (C=O) groups is 2. The second-order valence-electron chi connectivity index (χ2n) is 7.48. The number of fused-ring (bicyclic) bond motifs is 1. The molecule has 9 heteroatoms. The van der Waals surface area contributed by atoms with Crippen molar-refractivity contribution in [1.82, 2.24) is 10.2 Å². The molecule has 0 aliphatic carbocycles. The van der Waals surface area contributed by atoms with Gasteiger partial charge in [-0.3, -0.25) is 4.79 Å². The van der Waals surface area contributed by atoms with Gasteiger partial charge in [-0.15, -0.1) is 0 Å². The van der Waals surface area contributed by atoms with Crippen LogP contribution in [0.2, 0.25) is 5.02 Å². The third kappa shape index (κ3) is 4.82. The summed E-state index contributed by atoms with van der Waals surface area (Å²) in [6.45, 7) is 1.85. The predicted octanol–water partition coefficient (Wildman–Crippen LogP) is 4.93. The molecule has 0 unspecified atom stereocenters. The molecule has 0 aromatic heterocycles. The van der Waals surface area contributed by atoms with E-state index < -0.39 is 12.0 Å². The van der Waals surface area contributed by atoms with Crippen LogP contribution in [0.4, 0.5) is 4.39 Å². The zero-order valence-electron chi connectivity index (χ0n) is 18.0. The van der Waals surface area contributed by atoms with E-state index >= 15 is 0 Å². The average molecular weight is 486 g/mol. The molecule has 0 saturated heterocycles. The number of thioether (sulfide) groups is 1. The van der Waals surface area contributed by atoms with Crippen molar-refractivity contribution in [3.63, 3.8) is 0 Å². The van der Waals surface area contributed by atoms with E-state index in [0.29, 0.717) is 32.7 Å². The molecule has 0 saturated carbocycles. The first-order valence-electron chi connectivity index (χ1n) is 10.2. The number of amidine groups is 1. The third-order valence-electron chi connectivity index (χ3n) is 5.37. The molecular formula is C24H21ClFN3O3S. The summed E-state index contributed by atoms with van der Waals surface area (Å²) in [5.74, 6) is -1.13. The Bertz CT molecular complexity index is 1190. The third-order valence-corrected chi connectivity index (χ3v) is 6.51. The molecule has 1 atom stereocenters. The van der Waals surface area contributed by atoms with Crippen LogP contribution in [0, 0.1) is 5.82 Å². The second kappa shape index (κ2) is 9.80. The Morgan fingerprint density at radius 1 is 1.21 bits per heavy atom. The number of rotatable bonds is 6. The summed E-state index contributed by atoms with van der Waals surface area (Å²) in [7, 11) is 1.33. The van der Waals surface area contributed by atoms with Crippen LogP contribution in [0.5, 0.6) is 0 Å². The molecule has 0 spiro atoms. The number of halogens is 2. The number of amides is 1. The number of hydrogen-bond acceptors (Lipinski definition) is 6. The molecule has 6 nitrogen and oxygen atoms in total. The van der Waals surface area contributed by atoms with Crippen molar-refractivity contribution in [3.05, 3.63) is 92.9 Å². The average Bonchev–Trinajstić information content (AvgIpc) is 3.19. The van der Waals surface area contributed by atoms with Crippen LogP contribution in [-0.2, 0) is 20.9 Å². The van der Waals surface area contributed by atoms with Crippen LogP contribution < -0.4 is 5.32 Å². The first-order chi connectivity index (χ1) is 15.9. The van der Waals surface area contributed by atoms with E-state index in [0.717, 1.165) is 5.56 Å². The first kappa shape index (κ1) is 23.1. The van der Waals surface area contributed by atoms with Crippen molar-refractivity contribution in [1.29, 1.82) is 0 Å². The Kier molecular flexibility index (Phi) is 6.85. The first-order valence-corrected chi connectivity index (χ1v) is 11.4. The van der Waals surface area contributed by atoms with E-state index in [-0.39, 0.29) is 24.7 Å². The van der Waals surface area contributed by atoms with Crippen LogP contribution in [0.25, 0.3) is 0 Å². The lowest BCUT2D eigenvalue weighted by Gasteiger charge is -2.36. The topological polar surface area (TPSA) is 71.0 Å². The standard InChI is InChI=1S/C24H21ClFN3O3S/c1-14-21(23(31)32-2)22(15-7-9-17(25)10-8-15)29-18(13-33-24(29)28-14)11-20(30)27-12-16-5-3-4-6-19(16)26/h3-10,13,22H,11-12H2,1-2H3,(H,27,30)/t22-/m0/s1. The Labute approximate surface area is 200 Å². The van der Waals surface area contributed by atoms with Gasteiger partial charge in [-0.25, -0.2) is 14.2 Å². The molecule has 2 aliphatic rings. The van der Waals surface area contributed by atoms with Crippen molar-refractivity contribution >= 4 is 40.4 Å². The van der Waals surface area contributed by atoms with E-state index in [1.165, 1.54) is 24.9 Å². The van der Waals surface area contributed by atoms with Crippen molar-refractivity contribution < 1.29 is 18.7 Å². The maximum absolute atomic E-state index is 13.9. The van der Waals surface area contributed by atoms with Crippen LogP contribution in [0.15, 0.2) is 75.9 Å². The second-order valence-corrected chi connectivity index (χ2v) is 8.75. The highest BCUT2D eigenvalue weighted by atomic mass is 35.5. The number of ether oxygens (including phenoxy) is 1. The van der Waals surface area contributed by atoms with Crippen molar-refractivity contribution in [2.45, 2.75) is 25.9 Å². The summed E-state index contributed by atoms with van der Waals surface area (Å²) >= 11 is 7.46. The van der Waals surface area contributed by atoms with E-state index in [2.05, 4.69) is 10.3 Å². The largest absolute Gasteiger partial charge is 0.466 e. The maximum atomic E-state index is 13.9. The van der Waals surface area contributed by atoms with Gasteiger partial charge in [0, 0.05) is 22.8 Å². The van der Waals surface area contributed by atoms with Crippen LogP contribution in [0.3, 0.4) is 0 Å². The molecule has 0 fully saturated rings. The lowest BCUT2D eigenvalue weighted by molar-refractivity contribution is -0.136. The lowest BCUT2D eigenvalue weighted by Crippen LogP contribution is -2.37. The maximum Gasteiger partial charge on any atom is 0.338 e. The fourth-order valence-electron chi connectivity index (χ4n) is 3.76. The van der Waals surface area contributed by atoms with Crippen LogP contribution in [-0.4, -0.2) is 29.1 Å². The molecule has 0 radical (unpaired) electrons. The molecule has 1 amide bonds. The smallest absolute Gasteiger partial charge is 0.338 e. The molecule has 2 heterocycles. The molecule has 170 valence electrons. The van der Waals surface area contributed by atoms with Gasteiger partial charge < -0.3 is 15.0 Å². The summed E-state index contributed by atoms with van der Waals surface area (Å²) in [4.78, 5) is 31.9. The monoisotopic (exact) mass is 485 g/mol. The number of nitrogens with zero attached hydrogens (tertiary/aromatic N) is 2. The van der Waals surface area contributed by atoms with Gasteiger partial charge in [-0.1, -0.05) is 53.7 Å². The molecule has 4 rings (SSSR count). The number of benzene rings is 2. The van der Waals surface area contributed by atoms with Gasteiger partial charge in [0.1, 0.15) is 5.82 Å². The van der Waals surface area contributed by atoms with Crippen molar-refractivity contribution in [3.8, 4) is 0 Å².